The van der Waals surface area contributed by atoms with E-state index in [9.17, 15) is 24.0 Å². The molecule has 1 aliphatic carbocycles. The fourth-order valence-corrected chi connectivity index (χ4v) is 3.94. The van der Waals surface area contributed by atoms with Gasteiger partial charge in [0.25, 0.3) is 11.8 Å². The number of carbonyl (C=O) groups excluding carboxylic acids is 5. The summed E-state index contributed by atoms with van der Waals surface area (Å²) in [5.74, 6) is -1.84. The molecule has 8 heteroatoms. The smallest absolute Gasteiger partial charge is 0.264 e. The van der Waals surface area contributed by atoms with E-state index in [0.29, 0.717) is 31.4 Å². The first-order chi connectivity index (χ1) is 13.0. The first kappa shape index (κ1) is 17.4. The van der Waals surface area contributed by atoms with Crippen LogP contribution in [0.3, 0.4) is 0 Å². The Morgan fingerprint density at radius 1 is 0.926 bits per heavy atom. The maximum absolute atomic E-state index is 13.0. The number of nitrogens with zero attached hydrogens (tertiary/aromatic N) is 1. The molecule has 1 saturated carbocycles. The van der Waals surface area contributed by atoms with Gasteiger partial charge in [-0.2, -0.15) is 0 Å². The van der Waals surface area contributed by atoms with Gasteiger partial charge in [-0.15, -0.1) is 0 Å². The topological polar surface area (TPSA) is 113 Å². The summed E-state index contributed by atoms with van der Waals surface area (Å²) in [7, 11) is 0. The van der Waals surface area contributed by atoms with Gasteiger partial charge in [0.2, 0.25) is 11.8 Å². The van der Waals surface area contributed by atoms with Gasteiger partial charge >= 0.3 is 0 Å². The standard InChI is InChI=1S/C19H19N3O5/c23-11-6-4-10(5-7-11)20-13-3-1-2-12-16(13)19(27)22(18(12)26)14-8-9-15(24)21-17(14)25/h1-3,10,14,20H,4-9H2,(H,21,24,25). The van der Waals surface area contributed by atoms with Gasteiger partial charge < -0.3 is 5.32 Å². The minimum atomic E-state index is -0.977. The Hall–Kier alpha value is -3.03. The lowest BCUT2D eigenvalue weighted by Crippen LogP contribution is -2.54. The summed E-state index contributed by atoms with van der Waals surface area (Å²) in [6.07, 6.45) is 2.58. The van der Waals surface area contributed by atoms with Crippen molar-refractivity contribution in [3.05, 3.63) is 29.3 Å². The molecule has 1 atom stereocenters. The Bertz CT molecular complexity index is 868. The second-order valence-corrected chi connectivity index (χ2v) is 7.13. The van der Waals surface area contributed by atoms with Crippen molar-refractivity contribution in [3.8, 4) is 0 Å². The van der Waals surface area contributed by atoms with Crippen molar-refractivity contribution < 1.29 is 24.0 Å². The summed E-state index contributed by atoms with van der Waals surface area (Å²) in [4.78, 5) is 61.7. The Labute approximate surface area is 155 Å². The Kier molecular flexibility index (Phi) is 4.25. The van der Waals surface area contributed by atoms with E-state index < -0.39 is 29.7 Å². The van der Waals surface area contributed by atoms with Crippen molar-refractivity contribution >= 4 is 35.1 Å². The maximum Gasteiger partial charge on any atom is 0.264 e. The van der Waals surface area contributed by atoms with Crippen LogP contribution >= 0.6 is 0 Å². The highest BCUT2D eigenvalue weighted by molar-refractivity contribution is 6.25. The molecule has 0 spiro atoms. The number of benzene rings is 1. The van der Waals surface area contributed by atoms with E-state index in [-0.39, 0.29) is 35.8 Å². The van der Waals surface area contributed by atoms with E-state index in [2.05, 4.69) is 10.6 Å². The highest BCUT2D eigenvalue weighted by Gasteiger charge is 2.45. The average Bonchev–Trinajstić information content (AvgIpc) is 2.89. The van der Waals surface area contributed by atoms with E-state index >= 15 is 0 Å². The van der Waals surface area contributed by atoms with Crippen LogP contribution in [0.2, 0.25) is 0 Å². The van der Waals surface area contributed by atoms with E-state index in [0.717, 1.165) is 4.90 Å². The second kappa shape index (κ2) is 6.61. The molecule has 27 heavy (non-hydrogen) atoms. The van der Waals surface area contributed by atoms with E-state index in [1.165, 1.54) is 0 Å². The molecule has 2 heterocycles. The molecule has 1 aromatic rings. The van der Waals surface area contributed by atoms with Gasteiger partial charge in [-0.3, -0.25) is 34.2 Å². The van der Waals surface area contributed by atoms with Gasteiger partial charge in [-0.05, 0) is 31.4 Å². The number of nitrogens with one attached hydrogen (secondary N) is 2. The summed E-state index contributed by atoms with van der Waals surface area (Å²) in [5, 5.41) is 5.47. The van der Waals surface area contributed by atoms with Crippen LogP contribution < -0.4 is 10.6 Å². The molecule has 1 saturated heterocycles. The first-order valence-corrected chi connectivity index (χ1v) is 9.08. The van der Waals surface area contributed by atoms with Gasteiger partial charge in [-0.1, -0.05) is 6.07 Å². The van der Waals surface area contributed by atoms with E-state index in [1.54, 1.807) is 18.2 Å². The number of anilines is 1. The number of hydrogen-bond acceptors (Lipinski definition) is 6. The number of amides is 4. The molecule has 2 N–H and O–H groups in total. The molecule has 0 bridgehead atoms. The van der Waals surface area contributed by atoms with Crippen molar-refractivity contribution in [1.29, 1.82) is 0 Å². The number of ketones is 1. The number of imide groups is 2. The minimum absolute atomic E-state index is 0.0572. The normalized spacial score (nSPS) is 23.5. The third-order valence-electron chi connectivity index (χ3n) is 5.37. The zero-order chi connectivity index (χ0) is 19.1. The SMILES string of the molecule is O=C1CCC(Nc2cccc3c2C(=O)N(C2CCC(=O)NC2=O)C3=O)CC1. The lowest BCUT2D eigenvalue weighted by molar-refractivity contribution is -0.136. The van der Waals surface area contributed by atoms with E-state index in [1.807, 2.05) is 0 Å². The highest BCUT2D eigenvalue weighted by Crippen LogP contribution is 2.33. The quantitative estimate of drug-likeness (QED) is 0.769. The van der Waals surface area contributed by atoms with Gasteiger partial charge in [0, 0.05) is 31.0 Å². The molecule has 2 fully saturated rings. The van der Waals surface area contributed by atoms with Crippen LogP contribution in [0.1, 0.15) is 59.2 Å². The first-order valence-electron chi connectivity index (χ1n) is 9.08. The lowest BCUT2D eigenvalue weighted by Gasteiger charge is -2.28. The van der Waals surface area contributed by atoms with Crippen molar-refractivity contribution in [3.63, 3.8) is 0 Å². The molecule has 0 aromatic heterocycles. The third-order valence-corrected chi connectivity index (χ3v) is 5.37. The zero-order valence-electron chi connectivity index (χ0n) is 14.6. The molecule has 1 unspecified atom stereocenters. The van der Waals surface area contributed by atoms with Crippen LogP contribution in [0.5, 0.6) is 0 Å². The fourth-order valence-electron chi connectivity index (χ4n) is 3.94. The fraction of sp³-hybridized carbons (Fsp3) is 0.421. The summed E-state index contributed by atoms with van der Waals surface area (Å²) >= 11 is 0. The van der Waals surface area contributed by atoms with Crippen molar-refractivity contribution in [2.24, 2.45) is 0 Å². The minimum Gasteiger partial charge on any atom is -0.382 e. The highest BCUT2D eigenvalue weighted by atomic mass is 16.2. The Morgan fingerprint density at radius 2 is 1.67 bits per heavy atom. The van der Waals surface area contributed by atoms with Crippen molar-refractivity contribution in [1.82, 2.24) is 10.2 Å². The monoisotopic (exact) mass is 369 g/mol. The summed E-state index contributed by atoms with van der Waals surface area (Å²) in [6.45, 7) is 0. The van der Waals surface area contributed by atoms with Gasteiger partial charge in [0.1, 0.15) is 11.8 Å². The van der Waals surface area contributed by atoms with Crippen LogP contribution in [0, 0.1) is 0 Å². The molecule has 8 nitrogen and oxygen atoms in total. The van der Waals surface area contributed by atoms with Gasteiger partial charge in [0.05, 0.1) is 11.1 Å². The molecule has 4 rings (SSSR count). The van der Waals surface area contributed by atoms with Crippen molar-refractivity contribution in [2.45, 2.75) is 50.6 Å². The van der Waals surface area contributed by atoms with Crippen LogP contribution in [-0.2, 0) is 14.4 Å². The maximum atomic E-state index is 13.0. The number of piperidine rings is 1. The molecule has 0 radical (unpaired) electrons. The van der Waals surface area contributed by atoms with Crippen LogP contribution in [0.25, 0.3) is 0 Å². The number of fused-ring (bicyclic) bond motifs is 1. The molecule has 2 aliphatic heterocycles. The van der Waals surface area contributed by atoms with Crippen LogP contribution in [0.4, 0.5) is 5.69 Å². The average molecular weight is 369 g/mol. The molecular weight excluding hydrogens is 350 g/mol. The molecule has 4 amide bonds. The molecule has 1 aromatic carbocycles. The van der Waals surface area contributed by atoms with Crippen molar-refractivity contribution in [2.75, 3.05) is 5.32 Å². The number of Topliss-reactive ketones (excluding diaryl/α,β-unsaturated/α-hetero) is 1. The molecular formula is C19H19N3O5. The predicted octanol–water partition coefficient (Wildman–Crippen LogP) is 1.01. The lowest BCUT2D eigenvalue weighted by atomic mass is 9.93. The van der Waals surface area contributed by atoms with Gasteiger partial charge in [0.15, 0.2) is 0 Å². The summed E-state index contributed by atoms with van der Waals surface area (Å²) in [5.41, 5.74) is 1.05. The number of hydrogen-bond donors (Lipinski definition) is 2. The zero-order valence-corrected chi connectivity index (χ0v) is 14.6. The van der Waals surface area contributed by atoms with Crippen LogP contribution in [-0.4, -0.2) is 46.4 Å². The largest absolute Gasteiger partial charge is 0.382 e. The van der Waals surface area contributed by atoms with E-state index in [4.69, 9.17) is 0 Å². The second-order valence-electron chi connectivity index (χ2n) is 7.13. The number of carbonyl (C=O) groups is 5. The summed E-state index contributed by atoms with van der Waals surface area (Å²) in [6, 6.07) is 4.07. The Morgan fingerprint density at radius 3 is 2.37 bits per heavy atom. The predicted molar refractivity (Wildman–Crippen MR) is 94.0 cm³/mol. The van der Waals surface area contributed by atoms with Crippen LogP contribution in [0.15, 0.2) is 18.2 Å². The third kappa shape index (κ3) is 3.01. The van der Waals surface area contributed by atoms with Gasteiger partial charge in [-0.25, -0.2) is 0 Å². The summed E-state index contributed by atoms with van der Waals surface area (Å²) < 4.78 is 0. The number of rotatable bonds is 3. The molecule has 140 valence electrons. The Balaban J connectivity index is 1.60. The molecule has 3 aliphatic rings.